The first kappa shape index (κ1) is 27.2. The van der Waals surface area contributed by atoms with Crippen LogP contribution in [0.4, 0.5) is 0 Å². The molecule has 0 spiro atoms. The average molecular weight is 517 g/mol. The number of rotatable bonds is 2. The van der Waals surface area contributed by atoms with Crippen molar-refractivity contribution >= 4 is 0 Å². The van der Waals surface area contributed by atoms with E-state index in [0.717, 1.165) is 0 Å². The van der Waals surface area contributed by atoms with Crippen LogP contribution in [0.25, 0.3) is 0 Å². The molecule has 0 aromatic heterocycles. The van der Waals surface area contributed by atoms with Crippen LogP contribution in [0.5, 0.6) is 0 Å². The van der Waals surface area contributed by atoms with Crippen molar-refractivity contribution in [3.8, 4) is 0 Å². The van der Waals surface area contributed by atoms with Gasteiger partial charge in [-0.15, -0.1) is 0 Å². The second-order valence-electron chi connectivity index (χ2n) is 12.6. The van der Waals surface area contributed by atoms with E-state index in [4.69, 9.17) is 47.4 Å². The maximum absolute atomic E-state index is 5.96. The van der Waals surface area contributed by atoms with Crippen LogP contribution in [0.3, 0.4) is 0 Å². The molecule has 10 nitrogen and oxygen atoms in total. The molecule has 0 aromatic rings. The first-order chi connectivity index (χ1) is 16.5. The summed E-state index contributed by atoms with van der Waals surface area (Å²) < 4.78 is 58.1. The van der Waals surface area contributed by atoms with Gasteiger partial charge in [0.05, 0.1) is 25.4 Å². The molecule has 6 heterocycles. The lowest BCUT2D eigenvalue weighted by Crippen LogP contribution is -2.37. The van der Waals surface area contributed by atoms with Crippen molar-refractivity contribution in [2.75, 3.05) is 13.2 Å². The third kappa shape index (κ3) is 5.36. The molecule has 6 fully saturated rings. The molecule has 6 rings (SSSR count). The summed E-state index contributed by atoms with van der Waals surface area (Å²) in [5, 5.41) is 0. The lowest BCUT2D eigenvalue weighted by Gasteiger charge is -2.27. The predicted octanol–water partition coefficient (Wildman–Crippen LogP) is 3.30. The first-order valence-corrected chi connectivity index (χ1v) is 13.2. The van der Waals surface area contributed by atoms with Gasteiger partial charge >= 0.3 is 0 Å². The zero-order valence-electron chi connectivity index (χ0n) is 23.3. The van der Waals surface area contributed by atoms with Gasteiger partial charge in [-0.3, -0.25) is 0 Å². The van der Waals surface area contributed by atoms with Gasteiger partial charge in [0.25, 0.3) is 0 Å². The summed E-state index contributed by atoms with van der Waals surface area (Å²) in [7, 11) is 0. The third-order valence-corrected chi connectivity index (χ3v) is 7.63. The Balaban J connectivity index is 0.000000148. The molecular formula is C26H44O10. The minimum absolute atomic E-state index is 0.0164. The molecule has 6 aliphatic rings. The van der Waals surface area contributed by atoms with Gasteiger partial charge in [-0.05, 0) is 55.4 Å². The minimum atomic E-state index is -0.555. The van der Waals surface area contributed by atoms with Crippen LogP contribution in [0, 0.1) is 11.8 Å². The third-order valence-electron chi connectivity index (χ3n) is 7.63. The summed E-state index contributed by atoms with van der Waals surface area (Å²) in [5.41, 5.74) is 0. The van der Waals surface area contributed by atoms with Crippen LogP contribution in [-0.2, 0) is 47.4 Å². The van der Waals surface area contributed by atoms with Crippen molar-refractivity contribution in [3.63, 3.8) is 0 Å². The Bertz CT molecular complexity index is 747. The summed E-state index contributed by atoms with van der Waals surface area (Å²) in [4.78, 5) is 0. The Kier molecular flexibility index (Phi) is 6.85. The molecule has 6 aliphatic heterocycles. The Morgan fingerprint density at radius 3 is 1.08 bits per heavy atom. The highest BCUT2D eigenvalue weighted by atomic mass is 16.8. The number of ether oxygens (including phenoxy) is 10. The van der Waals surface area contributed by atoms with Gasteiger partial charge in [0.1, 0.15) is 24.4 Å². The Morgan fingerprint density at radius 2 is 0.806 bits per heavy atom. The van der Waals surface area contributed by atoms with Crippen molar-refractivity contribution in [2.24, 2.45) is 11.8 Å². The van der Waals surface area contributed by atoms with Gasteiger partial charge in [-0.1, -0.05) is 13.8 Å². The highest BCUT2D eigenvalue weighted by molar-refractivity contribution is 4.96. The van der Waals surface area contributed by atoms with E-state index in [1.54, 1.807) is 0 Å². The first-order valence-electron chi connectivity index (χ1n) is 13.2. The maximum atomic E-state index is 5.96. The normalized spacial score (nSPS) is 49.5. The molecule has 0 aliphatic carbocycles. The van der Waals surface area contributed by atoms with Crippen LogP contribution in [-0.4, -0.2) is 85.6 Å². The highest BCUT2D eigenvalue weighted by Gasteiger charge is 2.57. The van der Waals surface area contributed by atoms with Gasteiger partial charge in [0, 0.05) is 11.8 Å². The summed E-state index contributed by atoms with van der Waals surface area (Å²) >= 11 is 0. The lowest BCUT2D eigenvalue weighted by atomic mass is 9.97. The quantitative estimate of drug-likeness (QED) is 0.544. The van der Waals surface area contributed by atoms with Crippen LogP contribution in [0.15, 0.2) is 0 Å². The molecule has 10 heteroatoms. The Hall–Kier alpha value is -0.400. The van der Waals surface area contributed by atoms with Crippen molar-refractivity contribution < 1.29 is 47.4 Å². The molecule has 36 heavy (non-hydrogen) atoms. The van der Waals surface area contributed by atoms with E-state index in [0.29, 0.717) is 13.2 Å². The topological polar surface area (TPSA) is 92.3 Å². The van der Waals surface area contributed by atoms with E-state index < -0.39 is 23.1 Å². The van der Waals surface area contributed by atoms with Gasteiger partial charge in [-0.25, -0.2) is 0 Å². The maximum Gasteiger partial charge on any atom is 0.187 e. The zero-order chi connectivity index (χ0) is 26.3. The van der Waals surface area contributed by atoms with Crippen LogP contribution < -0.4 is 0 Å². The molecule has 6 saturated heterocycles. The second kappa shape index (κ2) is 9.08. The van der Waals surface area contributed by atoms with E-state index in [1.807, 2.05) is 55.4 Å². The fourth-order valence-electron chi connectivity index (χ4n) is 5.98. The largest absolute Gasteiger partial charge is 0.348 e. The number of hydrogen-bond donors (Lipinski definition) is 0. The fourth-order valence-corrected chi connectivity index (χ4v) is 5.98. The minimum Gasteiger partial charge on any atom is -0.348 e. The molecule has 0 aromatic carbocycles. The predicted molar refractivity (Wildman–Crippen MR) is 126 cm³/mol. The summed E-state index contributed by atoms with van der Waals surface area (Å²) in [5.74, 6) is -1.68. The smallest absolute Gasteiger partial charge is 0.187 e. The van der Waals surface area contributed by atoms with Crippen molar-refractivity contribution in [3.05, 3.63) is 0 Å². The number of fused-ring (bicyclic) bond motifs is 2. The van der Waals surface area contributed by atoms with Crippen molar-refractivity contribution in [2.45, 2.75) is 142 Å². The lowest BCUT2D eigenvalue weighted by molar-refractivity contribution is -0.226. The van der Waals surface area contributed by atoms with Crippen LogP contribution in [0.2, 0.25) is 0 Å². The monoisotopic (exact) mass is 516 g/mol. The van der Waals surface area contributed by atoms with Gasteiger partial charge in [-0.2, -0.15) is 0 Å². The van der Waals surface area contributed by atoms with Crippen molar-refractivity contribution in [1.82, 2.24) is 0 Å². The fraction of sp³-hybridized carbons (Fsp3) is 1.00. The summed E-state index contributed by atoms with van der Waals surface area (Å²) in [6.45, 7) is 20.7. The van der Waals surface area contributed by atoms with Crippen LogP contribution >= 0.6 is 0 Å². The van der Waals surface area contributed by atoms with E-state index in [2.05, 4.69) is 13.8 Å². The average Bonchev–Trinajstić information content (AvgIpc) is 3.53. The molecule has 4 unspecified atom stereocenters. The SMILES string of the molecule is C[C@@H]1[C@@H](C2COC(C)(C)O2)OC2OC(C)(C)O[C@@H]21.C[C@H]1[C@@H](C2COC(C)(C)O2)OC2OC(C)(C)O[C@@H]21. The van der Waals surface area contributed by atoms with Crippen LogP contribution in [0.1, 0.15) is 69.2 Å². The zero-order valence-corrected chi connectivity index (χ0v) is 23.3. The van der Waals surface area contributed by atoms with E-state index in [-0.39, 0.29) is 61.0 Å². The van der Waals surface area contributed by atoms with Gasteiger partial charge in [0.15, 0.2) is 35.7 Å². The summed E-state index contributed by atoms with van der Waals surface area (Å²) in [6, 6.07) is 0. The molecule has 0 amide bonds. The molecule has 0 radical (unpaired) electrons. The van der Waals surface area contributed by atoms with Crippen molar-refractivity contribution in [1.29, 1.82) is 0 Å². The van der Waals surface area contributed by atoms with E-state index in [1.165, 1.54) is 0 Å². The molecule has 0 N–H and O–H groups in total. The summed E-state index contributed by atoms with van der Waals surface area (Å²) in [6.07, 6.45) is -0.753. The Labute approximate surface area is 214 Å². The standard InChI is InChI=1S/2C13H22O5/c2*1-7-9(8-6-14-12(2,3)16-8)15-11-10(7)17-13(4,5)18-11/h2*7-11H,6H2,1-5H3/t7-,8?,9+,10-,11?;7-,8?,9-,10+,11?/m10/s1. The second-order valence-corrected chi connectivity index (χ2v) is 12.6. The highest BCUT2D eigenvalue weighted by Crippen LogP contribution is 2.44. The van der Waals surface area contributed by atoms with E-state index >= 15 is 0 Å². The molecular weight excluding hydrogens is 472 g/mol. The number of hydrogen-bond acceptors (Lipinski definition) is 10. The molecule has 0 bridgehead atoms. The van der Waals surface area contributed by atoms with Gasteiger partial charge in [0.2, 0.25) is 0 Å². The van der Waals surface area contributed by atoms with Gasteiger partial charge < -0.3 is 47.4 Å². The molecule has 10 atom stereocenters. The molecule has 208 valence electrons. The Morgan fingerprint density at radius 1 is 0.444 bits per heavy atom. The molecule has 0 saturated carbocycles. The van der Waals surface area contributed by atoms with E-state index in [9.17, 15) is 0 Å².